The Kier molecular flexibility index (Phi) is 3.03. The molecule has 1 aromatic heterocycles. The predicted molar refractivity (Wildman–Crippen MR) is 71.7 cm³/mol. The molecular formula is C14H16N4O. The lowest BCUT2D eigenvalue weighted by Gasteiger charge is -2.20. The molecule has 0 bridgehead atoms. The molecule has 0 saturated carbocycles. The summed E-state index contributed by atoms with van der Waals surface area (Å²) in [5.74, 6) is 0.0557. The Morgan fingerprint density at radius 3 is 2.95 bits per heavy atom. The molecule has 1 aliphatic carbocycles. The molecule has 5 nitrogen and oxygen atoms in total. The summed E-state index contributed by atoms with van der Waals surface area (Å²) < 4.78 is 0. The summed E-state index contributed by atoms with van der Waals surface area (Å²) in [6.07, 6.45) is 2.32. The van der Waals surface area contributed by atoms with Crippen molar-refractivity contribution in [1.29, 1.82) is 0 Å². The number of carbonyl (C=O) groups is 1. The summed E-state index contributed by atoms with van der Waals surface area (Å²) in [5, 5.41) is 13.8. The molecular weight excluding hydrogens is 240 g/mol. The molecule has 0 fully saturated rings. The molecule has 1 atom stereocenters. The highest BCUT2D eigenvalue weighted by atomic mass is 16.1. The molecule has 5 heteroatoms. The zero-order valence-corrected chi connectivity index (χ0v) is 10.8. The van der Waals surface area contributed by atoms with Crippen molar-refractivity contribution in [1.82, 2.24) is 15.4 Å². The van der Waals surface area contributed by atoms with Crippen molar-refractivity contribution in [2.24, 2.45) is 5.92 Å². The topological polar surface area (TPSA) is 70.7 Å². The summed E-state index contributed by atoms with van der Waals surface area (Å²) >= 11 is 0. The molecule has 0 aliphatic heterocycles. The lowest BCUT2D eigenvalue weighted by atomic mass is 9.89. The number of aryl methyl sites for hydroxylation is 2. The van der Waals surface area contributed by atoms with Gasteiger partial charge in [-0.1, -0.05) is 18.2 Å². The maximum atomic E-state index is 12.3. The van der Waals surface area contributed by atoms with Crippen LogP contribution in [-0.2, 0) is 17.6 Å². The van der Waals surface area contributed by atoms with Crippen molar-refractivity contribution in [2.45, 2.75) is 26.2 Å². The molecule has 1 unspecified atom stereocenters. The van der Waals surface area contributed by atoms with Gasteiger partial charge in [-0.3, -0.25) is 4.79 Å². The van der Waals surface area contributed by atoms with Crippen LogP contribution in [0.5, 0.6) is 0 Å². The summed E-state index contributed by atoms with van der Waals surface area (Å²) in [4.78, 5) is 12.3. The van der Waals surface area contributed by atoms with E-state index in [1.807, 2.05) is 31.2 Å². The maximum absolute atomic E-state index is 12.3. The quantitative estimate of drug-likeness (QED) is 0.861. The van der Waals surface area contributed by atoms with Gasteiger partial charge in [-0.25, -0.2) is 0 Å². The van der Waals surface area contributed by atoms with E-state index in [2.05, 4.69) is 20.7 Å². The first kappa shape index (κ1) is 11.9. The van der Waals surface area contributed by atoms with Crippen molar-refractivity contribution in [3.8, 4) is 0 Å². The van der Waals surface area contributed by atoms with E-state index < -0.39 is 0 Å². The molecule has 1 aliphatic rings. The lowest BCUT2D eigenvalue weighted by molar-refractivity contribution is -0.120. The van der Waals surface area contributed by atoms with Gasteiger partial charge in [0.25, 0.3) is 0 Å². The number of hydrogen-bond donors (Lipinski definition) is 2. The zero-order valence-electron chi connectivity index (χ0n) is 10.8. The molecule has 0 radical (unpaired) electrons. The van der Waals surface area contributed by atoms with Gasteiger partial charge < -0.3 is 5.32 Å². The Morgan fingerprint density at radius 1 is 1.32 bits per heavy atom. The minimum absolute atomic E-state index is 0.0165. The highest BCUT2D eigenvalue weighted by Crippen LogP contribution is 2.24. The SMILES string of the molecule is Cc1ccccc1NC(=O)C1CCc2n[nH]nc2C1. The molecule has 2 aromatic rings. The third-order valence-corrected chi connectivity index (χ3v) is 3.65. The standard InChI is InChI=1S/C14H16N4O/c1-9-4-2-3-5-11(9)15-14(19)10-6-7-12-13(8-10)17-18-16-12/h2-5,10H,6-8H2,1H3,(H,15,19)(H,16,17,18). The van der Waals surface area contributed by atoms with E-state index in [9.17, 15) is 4.79 Å². The van der Waals surface area contributed by atoms with E-state index in [0.717, 1.165) is 35.5 Å². The van der Waals surface area contributed by atoms with Crippen LogP contribution in [-0.4, -0.2) is 21.3 Å². The molecule has 1 aromatic carbocycles. The summed E-state index contributed by atoms with van der Waals surface area (Å²) in [6.45, 7) is 1.99. The Morgan fingerprint density at radius 2 is 2.11 bits per heavy atom. The van der Waals surface area contributed by atoms with Crippen molar-refractivity contribution in [2.75, 3.05) is 5.32 Å². The minimum Gasteiger partial charge on any atom is -0.326 e. The Balaban J connectivity index is 1.71. The Bertz CT molecular complexity index is 605. The normalized spacial score (nSPS) is 17.8. The van der Waals surface area contributed by atoms with Gasteiger partial charge in [0.15, 0.2) is 0 Å². The van der Waals surface area contributed by atoms with E-state index in [1.165, 1.54) is 0 Å². The molecule has 0 saturated heterocycles. The second-order valence-electron chi connectivity index (χ2n) is 4.96. The second-order valence-corrected chi connectivity index (χ2v) is 4.96. The number of fused-ring (bicyclic) bond motifs is 1. The van der Waals surface area contributed by atoms with Crippen LogP contribution in [0.15, 0.2) is 24.3 Å². The number of nitrogens with zero attached hydrogens (tertiary/aromatic N) is 2. The zero-order chi connectivity index (χ0) is 13.2. The monoisotopic (exact) mass is 256 g/mol. The van der Waals surface area contributed by atoms with E-state index in [4.69, 9.17) is 0 Å². The van der Waals surface area contributed by atoms with Gasteiger partial charge in [-0.2, -0.15) is 15.4 Å². The number of aromatic amines is 1. The number of nitrogens with one attached hydrogen (secondary N) is 2. The summed E-state index contributed by atoms with van der Waals surface area (Å²) in [7, 11) is 0. The minimum atomic E-state index is -0.0165. The van der Waals surface area contributed by atoms with Crippen molar-refractivity contribution < 1.29 is 4.79 Å². The summed E-state index contributed by atoms with van der Waals surface area (Å²) in [5.41, 5.74) is 3.89. The van der Waals surface area contributed by atoms with Crippen LogP contribution in [0, 0.1) is 12.8 Å². The van der Waals surface area contributed by atoms with Crippen LogP contribution in [0.2, 0.25) is 0 Å². The Hall–Kier alpha value is -2.17. The average molecular weight is 256 g/mol. The Labute approximate surface area is 111 Å². The highest BCUT2D eigenvalue weighted by Gasteiger charge is 2.27. The molecule has 0 spiro atoms. The largest absolute Gasteiger partial charge is 0.326 e. The van der Waals surface area contributed by atoms with Crippen LogP contribution in [0.3, 0.4) is 0 Å². The van der Waals surface area contributed by atoms with E-state index >= 15 is 0 Å². The van der Waals surface area contributed by atoms with Gasteiger partial charge in [-0.05, 0) is 31.4 Å². The van der Waals surface area contributed by atoms with Gasteiger partial charge >= 0.3 is 0 Å². The van der Waals surface area contributed by atoms with Crippen LogP contribution >= 0.6 is 0 Å². The summed E-state index contributed by atoms with van der Waals surface area (Å²) in [6, 6.07) is 7.82. The molecule has 1 heterocycles. The number of rotatable bonds is 2. The predicted octanol–water partition coefficient (Wildman–Crippen LogP) is 1.86. The highest BCUT2D eigenvalue weighted by molar-refractivity contribution is 5.93. The molecule has 3 rings (SSSR count). The van der Waals surface area contributed by atoms with E-state index in [0.29, 0.717) is 6.42 Å². The second kappa shape index (κ2) is 4.84. The molecule has 1 amide bonds. The number of amides is 1. The first-order valence-electron chi connectivity index (χ1n) is 6.49. The lowest BCUT2D eigenvalue weighted by Crippen LogP contribution is -2.28. The number of hydrogen-bond acceptors (Lipinski definition) is 3. The van der Waals surface area contributed by atoms with Crippen LogP contribution in [0.1, 0.15) is 23.4 Å². The van der Waals surface area contributed by atoms with Crippen molar-refractivity contribution in [3.05, 3.63) is 41.2 Å². The van der Waals surface area contributed by atoms with Crippen molar-refractivity contribution in [3.63, 3.8) is 0 Å². The van der Waals surface area contributed by atoms with Gasteiger partial charge in [0, 0.05) is 18.0 Å². The molecule has 19 heavy (non-hydrogen) atoms. The first-order chi connectivity index (χ1) is 9.24. The van der Waals surface area contributed by atoms with E-state index in [-0.39, 0.29) is 11.8 Å². The number of para-hydroxylation sites is 1. The fraction of sp³-hybridized carbons (Fsp3) is 0.357. The third kappa shape index (κ3) is 2.36. The van der Waals surface area contributed by atoms with E-state index in [1.54, 1.807) is 0 Å². The van der Waals surface area contributed by atoms with Gasteiger partial charge in [-0.15, -0.1) is 0 Å². The molecule has 98 valence electrons. The third-order valence-electron chi connectivity index (χ3n) is 3.65. The fourth-order valence-electron chi connectivity index (χ4n) is 2.46. The van der Waals surface area contributed by atoms with Crippen LogP contribution in [0.25, 0.3) is 0 Å². The smallest absolute Gasteiger partial charge is 0.227 e. The van der Waals surface area contributed by atoms with Gasteiger partial charge in [0.1, 0.15) is 0 Å². The maximum Gasteiger partial charge on any atom is 0.227 e. The van der Waals surface area contributed by atoms with Gasteiger partial charge in [0.2, 0.25) is 5.91 Å². The van der Waals surface area contributed by atoms with Crippen LogP contribution < -0.4 is 5.32 Å². The fourth-order valence-corrected chi connectivity index (χ4v) is 2.46. The van der Waals surface area contributed by atoms with Gasteiger partial charge in [0.05, 0.1) is 11.4 Å². The number of benzene rings is 1. The number of carbonyl (C=O) groups excluding carboxylic acids is 1. The number of H-pyrrole nitrogens is 1. The number of anilines is 1. The number of aromatic nitrogens is 3. The van der Waals surface area contributed by atoms with Crippen molar-refractivity contribution >= 4 is 11.6 Å². The average Bonchev–Trinajstić information content (AvgIpc) is 2.88. The molecule has 2 N–H and O–H groups in total. The van der Waals surface area contributed by atoms with Crippen LogP contribution in [0.4, 0.5) is 5.69 Å². The first-order valence-corrected chi connectivity index (χ1v) is 6.49.